The molecule has 1 aromatic carbocycles. The van der Waals surface area contributed by atoms with Crippen LogP contribution in [0.5, 0.6) is 11.5 Å². The largest absolute Gasteiger partial charge is 0.486 e. The number of aromatic nitrogens is 2. The lowest BCUT2D eigenvalue weighted by atomic mass is 9.96. The van der Waals surface area contributed by atoms with Gasteiger partial charge in [-0.1, -0.05) is 18.2 Å². The van der Waals surface area contributed by atoms with E-state index >= 15 is 0 Å². The summed E-state index contributed by atoms with van der Waals surface area (Å²) >= 11 is 0. The third-order valence-electron chi connectivity index (χ3n) is 3.86. The van der Waals surface area contributed by atoms with E-state index in [1.165, 1.54) is 0 Å². The second kappa shape index (κ2) is 5.84. The average Bonchev–Trinajstić information content (AvgIpc) is 3.11. The van der Waals surface area contributed by atoms with Crippen LogP contribution in [0.1, 0.15) is 18.2 Å². The minimum absolute atomic E-state index is 0.227. The maximum absolute atomic E-state index is 11.1. The quantitative estimate of drug-likeness (QED) is 0.926. The molecular formula is C17H14N2O5. The zero-order chi connectivity index (χ0) is 16.5. The first kappa shape index (κ1) is 14.5. The summed E-state index contributed by atoms with van der Waals surface area (Å²) < 4.78 is 16.8. The molecule has 0 bridgehead atoms. The van der Waals surface area contributed by atoms with Crippen molar-refractivity contribution in [3.05, 3.63) is 47.9 Å². The number of carboxylic acids is 1. The summed E-state index contributed by atoms with van der Waals surface area (Å²) in [7, 11) is 0. The number of hydrogen-bond acceptors (Lipinski definition) is 6. The molecule has 1 aliphatic heterocycles. The highest BCUT2D eigenvalue weighted by Gasteiger charge is 2.22. The normalized spacial score (nSPS) is 19.0. The van der Waals surface area contributed by atoms with Crippen LogP contribution in [0.2, 0.25) is 0 Å². The van der Waals surface area contributed by atoms with Gasteiger partial charge in [0.1, 0.15) is 13.2 Å². The van der Waals surface area contributed by atoms with Crippen molar-refractivity contribution in [2.45, 2.75) is 12.3 Å². The van der Waals surface area contributed by atoms with E-state index in [1.807, 2.05) is 6.07 Å². The van der Waals surface area contributed by atoms with Crippen molar-refractivity contribution in [1.82, 2.24) is 10.2 Å². The predicted molar refractivity (Wildman–Crippen MR) is 82.9 cm³/mol. The summed E-state index contributed by atoms with van der Waals surface area (Å²) in [6, 6.07) is 5.43. The van der Waals surface area contributed by atoms with Gasteiger partial charge in [-0.3, -0.25) is 0 Å². The molecule has 1 aromatic heterocycles. The van der Waals surface area contributed by atoms with Gasteiger partial charge < -0.3 is 19.0 Å². The lowest BCUT2D eigenvalue weighted by Crippen LogP contribution is -2.15. The van der Waals surface area contributed by atoms with Crippen LogP contribution in [0.25, 0.3) is 11.5 Å². The monoisotopic (exact) mass is 326 g/mol. The summed E-state index contributed by atoms with van der Waals surface area (Å²) in [5.41, 5.74) is 0.956. The van der Waals surface area contributed by atoms with Gasteiger partial charge in [0, 0.05) is 5.56 Å². The molecule has 0 amide bonds. The molecule has 2 aromatic rings. The van der Waals surface area contributed by atoms with Crippen molar-refractivity contribution in [1.29, 1.82) is 0 Å². The number of nitrogens with zero attached hydrogens (tertiary/aromatic N) is 2. The fraction of sp³-hybridized carbons (Fsp3) is 0.235. The molecule has 4 rings (SSSR count). The SMILES string of the molecule is O=C(O)C1=CC(c2nnc(-c3ccc4c(c3)OCCO4)o2)CC=C1. The van der Waals surface area contributed by atoms with E-state index in [0.717, 1.165) is 5.56 Å². The Morgan fingerprint density at radius 1 is 1.17 bits per heavy atom. The fourth-order valence-corrected chi connectivity index (χ4v) is 2.67. The molecule has 122 valence electrons. The van der Waals surface area contributed by atoms with Gasteiger partial charge in [0.2, 0.25) is 11.8 Å². The van der Waals surface area contributed by atoms with Crippen LogP contribution in [-0.4, -0.2) is 34.5 Å². The van der Waals surface area contributed by atoms with Crippen LogP contribution < -0.4 is 9.47 Å². The molecule has 7 heteroatoms. The first-order valence-electron chi connectivity index (χ1n) is 7.56. The molecule has 24 heavy (non-hydrogen) atoms. The highest BCUT2D eigenvalue weighted by Crippen LogP contribution is 2.35. The van der Waals surface area contributed by atoms with Crippen molar-refractivity contribution in [2.75, 3.05) is 13.2 Å². The van der Waals surface area contributed by atoms with Gasteiger partial charge in [-0.25, -0.2) is 4.79 Å². The summed E-state index contributed by atoms with van der Waals surface area (Å²) in [6.45, 7) is 1.03. The molecule has 0 radical (unpaired) electrons. The number of carbonyl (C=O) groups is 1. The summed E-state index contributed by atoms with van der Waals surface area (Å²) in [6.07, 6.45) is 5.63. The number of benzene rings is 1. The van der Waals surface area contributed by atoms with Crippen LogP contribution >= 0.6 is 0 Å². The Morgan fingerprint density at radius 2 is 2.00 bits per heavy atom. The first-order valence-corrected chi connectivity index (χ1v) is 7.56. The van der Waals surface area contributed by atoms with Gasteiger partial charge in [0.05, 0.1) is 11.5 Å². The van der Waals surface area contributed by atoms with Crippen molar-refractivity contribution >= 4 is 5.97 Å². The first-order chi connectivity index (χ1) is 11.7. The van der Waals surface area contributed by atoms with E-state index in [0.29, 0.717) is 42.9 Å². The van der Waals surface area contributed by atoms with Crippen molar-refractivity contribution in [3.63, 3.8) is 0 Å². The van der Waals surface area contributed by atoms with E-state index < -0.39 is 5.97 Å². The van der Waals surface area contributed by atoms with Gasteiger partial charge in [-0.2, -0.15) is 0 Å². The third-order valence-corrected chi connectivity index (χ3v) is 3.86. The molecule has 0 saturated heterocycles. The topological polar surface area (TPSA) is 94.7 Å². The Morgan fingerprint density at radius 3 is 2.83 bits per heavy atom. The van der Waals surface area contributed by atoms with Gasteiger partial charge >= 0.3 is 5.97 Å². The highest BCUT2D eigenvalue weighted by molar-refractivity contribution is 5.90. The molecule has 7 nitrogen and oxygen atoms in total. The van der Waals surface area contributed by atoms with Crippen molar-refractivity contribution in [2.24, 2.45) is 0 Å². The smallest absolute Gasteiger partial charge is 0.335 e. The Balaban J connectivity index is 1.61. The number of rotatable bonds is 3. The zero-order valence-electron chi connectivity index (χ0n) is 12.6. The minimum atomic E-state index is -0.970. The lowest BCUT2D eigenvalue weighted by Gasteiger charge is -2.18. The van der Waals surface area contributed by atoms with E-state index in [2.05, 4.69) is 10.2 Å². The van der Waals surface area contributed by atoms with E-state index in [4.69, 9.17) is 19.0 Å². The molecule has 1 N–H and O–H groups in total. The second-order valence-electron chi connectivity index (χ2n) is 5.48. The van der Waals surface area contributed by atoms with Crippen LogP contribution in [0.3, 0.4) is 0 Å². The predicted octanol–water partition coefficient (Wildman–Crippen LogP) is 2.56. The van der Waals surface area contributed by atoms with Gasteiger partial charge in [0.25, 0.3) is 0 Å². The van der Waals surface area contributed by atoms with Crippen molar-refractivity contribution < 1.29 is 23.8 Å². The van der Waals surface area contributed by atoms with E-state index in [9.17, 15) is 4.79 Å². The molecule has 2 heterocycles. The number of aliphatic carboxylic acids is 1. The van der Waals surface area contributed by atoms with Crippen LogP contribution in [0.4, 0.5) is 0 Å². The summed E-state index contributed by atoms with van der Waals surface area (Å²) in [5.74, 6) is 0.884. The average molecular weight is 326 g/mol. The summed E-state index contributed by atoms with van der Waals surface area (Å²) in [5, 5.41) is 17.2. The van der Waals surface area contributed by atoms with Gasteiger partial charge in [-0.05, 0) is 24.6 Å². The molecule has 1 atom stereocenters. The maximum atomic E-state index is 11.1. The zero-order valence-corrected chi connectivity index (χ0v) is 12.6. The number of carboxylic acid groups (broad SMARTS) is 1. The Labute approximate surface area is 137 Å². The second-order valence-corrected chi connectivity index (χ2v) is 5.48. The van der Waals surface area contributed by atoms with Gasteiger partial charge in [-0.15, -0.1) is 10.2 Å². The van der Waals surface area contributed by atoms with Crippen molar-refractivity contribution in [3.8, 4) is 23.0 Å². The fourth-order valence-electron chi connectivity index (χ4n) is 2.67. The Kier molecular flexibility index (Phi) is 3.53. The molecule has 0 fully saturated rings. The molecular weight excluding hydrogens is 312 g/mol. The number of hydrogen-bond donors (Lipinski definition) is 1. The van der Waals surface area contributed by atoms with Crippen LogP contribution in [0, 0.1) is 0 Å². The van der Waals surface area contributed by atoms with Crippen LogP contribution in [0.15, 0.2) is 46.4 Å². The standard InChI is InChI=1S/C17H14N2O5/c20-17(21)12-3-1-2-10(8-12)15-18-19-16(24-15)11-4-5-13-14(9-11)23-7-6-22-13/h1,3-5,8-10H,2,6-7H2,(H,20,21). The Bertz CT molecular complexity index is 852. The highest BCUT2D eigenvalue weighted by atomic mass is 16.6. The third kappa shape index (κ3) is 2.64. The number of fused-ring (bicyclic) bond motifs is 1. The minimum Gasteiger partial charge on any atom is -0.486 e. The molecule has 0 spiro atoms. The Hall–Kier alpha value is -3.09. The molecule has 1 aliphatic carbocycles. The molecule has 2 aliphatic rings. The van der Waals surface area contributed by atoms with Crippen LogP contribution in [-0.2, 0) is 4.79 Å². The summed E-state index contributed by atoms with van der Waals surface area (Å²) in [4.78, 5) is 11.1. The number of allylic oxidation sites excluding steroid dienone is 2. The van der Waals surface area contributed by atoms with Gasteiger partial charge in [0.15, 0.2) is 11.5 Å². The number of ether oxygens (including phenoxy) is 2. The lowest BCUT2D eigenvalue weighted by molar-refractivity contribution is -0.132. The molecule has 0 saturated carbocycles. The molecule has 1 unspecified atom stereocenters. The maximum Gasteiger partial charge on any atom is 0.335 e. The van der Waals surface area contributed by atoms with E-state index in [1.54, 1.807) is 30.4 Å². The van der Waals surface area contributed by atoms with E-state index in [-0.39, 0.29) is 11.5 Å².